The highest BCUT2D eigenvalue weighted by Crippen LogP contribution is 2.43. The van der Waals surface area contributed by atoms with Crippen LogP contribution in [-0.2, 0) is 23.9 Å². The standard InChI is InChI=1S/C34H39N5O5/c1-43-33(41)29-28(23-11-6-5-7-12-23)27(21-35)31(36)39(30(29)34(42)44-2)26-16-14-25(15-17-26)38-20-10-13-24(22-38)32(40)37-18-8-3-4-9-19-37/h5-7,11-12,14-17,24,28H,3-4,8-10,13,18-20,22,36H2,1-2H3. The first-order valence-corrected chi connectivity index (χ1v) is 15.2. The highest BCUT2D eigenvalue weighted by molar-refractivity contribution is 6.06. The van der Waals surface area contributed by atoms with Crippen molar-refractivity contribution in [1.82, 2.24) is 4.90 Å². The van der Waals surface area contributed by atoms with Gasteiger partial charge in [-0.05, 0) is 55.5 Å². The Morgan fingerprint density at radius 3 is 2.09 bits per heavy atom. The summed E-state index contributed by atoms with van der Waals surface area (Å²) in [5.74, 6) is -2.27. The molecule has 0 aromatic heterocycles. The number of rotatable bonds is 6. The topological polar surface area (TPSA) is 129 Å². The van der Waals surface area contributed by atoms with Gasteiger partial charge in [0.15, 0.2) is 0 Å². The van der Waals surface area contributed by atoms with Crippen molar-refractivity contribution in [3.8, 4) is 6.07 Å². The second kappa shape index (κ2) is 13.7. The molecule has 3 heterocycles. The first-order chi connectivity index (χ1) is 21.4. The zero-order valence-electron chi connectivity index (χ0n) is 25.3. The maximum atomic E-state index is 13.4. The number of benzene rings is 2. The van der Waals surface area contributed by atoms with Gasteiger partial charge in [-0.1, -0.05) is 43.2 Å². The Hall–Kier alpha value is -4.78. The highest BCUT2D eigenvalue weighted by atomic mass is 16.5. The van der Waals surface area contributed by atoms with E-state index in [2.05, 4.69) is 11.0 Å². The molecule has 0 bridgehead atoms. The predicted molar refractivity (Wildman–Crippen MR) is 166 cm³/mol. The summed E-state index contributed by atoms with van der Waals surface area (Å²) in [4.78, 5) is 45.6. The van der Waals surface area contributed by atoms with Crippen LogP contribution in [0.4, 0.5) is 11.4 Å². The number of nitrogens with zero attached hydrogens (tertiary/aromatic N) is 4. The SMILES string of the molecule is COC(=O)C1=C(C(=O)OC)N(c2ccc(N3CCCC(C(=O)N4CCCCCC4)C3)cc2)C(N)=C(C#N)C1c1ccccc1. The average molecular weight is 598 g/mol. The molecule has 230 valence electrons. The number of hydrogen-bond acceptors (Lipinski definition) is 9. The van der Waals surface area contributed by atoms with E-state index in [0.717, 1.165) is 51.0 Å². The largest absolute Gasteiger partial charge is 0.466 e. The number of carbonyl (C=O) groups is 3. The molecule has 0 saturated carbocycles. The van der Waals surface area contributed by atoms with Gasteiger partial charge in [-0.15, -0.1) is 0 Å². The fraction of sp³-hybridized carbons (Fsp3) is 0.412. The van der Waals surface area contributed by atoms with Crippen molar-refractivity contribution in [3.05, 3.63) is 82.8 Å². The summed E-state index contributed by atoms with van der Waals surface area (Å²) < 4.78 is 10.2. The van der Waals surface area contributed by atoms with Crippen LogP contribution in [0.5, 0.6) is 0 Å². The van der Waals surface area contributed by atoms with E-state index in [4.69, 9.17) is 15.2 Å². The highest BCUT2D eigenvalue weighted by Gasteiger charge is 2.43. The molecule has 2 unspecified atom stereocenters. The zero-order valence-corrected chi connectivity index (χ0v) is 25.3. The van der Waals surface area contributed by atoms with E-state index in [9.17, 15) is 19.6 Å². The van der Waals surface area contributed by atoms with E-state index in [1.807, 2.05) is 23.1 Å². The van der Waals surface area contributed by atoms with Crippen LogP contribution in [0.1, 0.15) is 50.0 Å². The lowest BCUT2D eigenvalue weighted by atomic mass is 9.81. The minimum atomic E-state index is -0.926. The molecule has 2 saturated heterocycles. The van der Waals surface area contributed by atoms with Crippen molar-refractivity contribution in [2.24, 2.45) is 11.7 Å². The second-order valence-electron chi connectivity index (χ2n) is 11.4. The quantitative estimate of drug-likeness (QED) is 0.487. The monoisotopic (exact) mass is 597 g/mol. The molecule has 2 aromatic carbocycles. The maximum absolute atomic E-state index is 13.4. The molecule has 2 atom stereocenters. The Kier molecular flexibility index (Phi) is 9.53. The summed E-state index contributed by atoms with van der Waals surface area (Å²) >= 11 is 0. The number of anilines is 2. The fourth-order valence-corrected chi connectivity index (χ4v) is 6.56. The van der Waals surface area contributed by atoms with Gasteiger partial charge in [0.2, 0.25) is 5.91 Å². The number of esters is 2. The van der Waals surface area contributed by atoms with Crippen molar-refractivity contribution in [2.75, 3.05) is 50.2 Å². The first kappa shape index (κ1) is 30.7. The summed E-state index contributed by atoms with van der Waals surface area (Å²) in [5.41, 5.74) is 8.61. The second-order valence-corrected chi connectivity index (χ2v) is 11.4. The van der Waals surface area contributed by atoms with Crippen molar-refractivity contribution in [3.63, 3.8) is 0 Å². The summed E-state index contributed by atoms with van der Waals surface area (Å²) in [6.45, 7) is 3.14. The Labute approximate surface area is 258 Å². The summed E-state index contributed by atoms with van der Waals surface area (Å²) in [7, 11) is 2.45. The molecule has 2 fully saturated rings. The third kappa shape index (κ3) is 6.00. The van der Waals surface area contributed by atoms with Gasteiger partial charge < -0.3 is 25.0 Å². The number of allylic oxidation sites excluding steroid dienone is 1. The molecule has 2 N–H and O–H groups in total. The van der Waals surface area contributed by atoms with Crippen molar-refractivity contribution in [1.29, 1.82) is 5.26 Å². The molecule has 10 nitrogen and oxygen atoms in total. The number of hydrogen-bond donors (Lipinski definition) is 1. The van der Waals surface area contributed by atoms with Crippen LogP contribution in [0.25, 0.3) is 0 Å². The lowest BCUT2D eigenvalue weighted by Gasteiger charge is -2.37. The van der Waals surface area contributed by atoms with Crippen LogP contribution in [-0.4, -0.2) is 63.1 Å². The molecule has 2 aromatic rings. The molecule has 1 amide bonds. The Balaban J connectivity index is 1.49. The van der Waals surface area contributed by atoms with Gasteiger partial charge in [-0.25, -0.2) is 9.59 Å². The number of piperidine rings is 1. The third-order valence-electron chi connectivity index (χ3n) is 8.77. The lowest BCUT2D eigenvalue weighted by molar-refractivity contribution is -0.139. The molecule has 0 spiro atoms. The molecule has 0 radical (unpaired) electrons. The van der Waals surface area contributed by atoms with Crippen LogP contribution in [0.15, 0.2) is 77.3 Å². The smallest absolute Gasteiger partial charge is 0.355 e. The molecule has 0 aliphatic carbocycles. The van der Waals surface area contributed by atoms with Gasteiger partial charge in [0.1, 0.15) is 11.5 Å². The Morgan fingerprint density at radius 2 is 1.48 bits per heavy atom. The third-order valence-corrected chi connectivity index (χ3v) is 8.77. The van der Waals surface area contributed by atoms with E-state index in [1.54, 1.807) is 36.4 Å². The van der Waals surface area contributed by atoms with Crippen molar-refractivity contribution < 1.29 is 23.9 Å². The van der Waals surface area contributed by atoms with Crippen LogP contribution >= 0.6 is 0 Å². The number of likely N-dealkylation sites (tertiary alicyclic amines) is 1. The van der Waals surface area contributed by atoms with Crippen molar-refractivity contribution in [2.45, 2.75) is 44.4 Å². The normalized spacial score (nSPS) is 21.0. The van der Waals surface area contributed by atoms with E-state index in [0.29, 0.717) is 17.8 Å². The van der Waals surface area contributed by atoms with Crippen molar-refractivity contribution >= 4 is 29.2 Å². The Bertz CT molecular complexity index is 1490. The van der Waals surface area contributed by atoms with E-state index < -0.39 is 17.9 Å². The summed E-state index contributed by atoms with van der Waals surface area (Å²) in [5, 5.41) is 10.3. The molecule has 5 rings (SSSR count). The summed E-state index contributed by atoms with van der Waals surface area (Å²) in [6.07, 6.45) is 6.29. The van der Waals surface area contributed by atoms with Crippen LogP contribution in [0, 0.1) is 17.2 Å². The number of amides is 1. The minimum absolute atomic E-state index is 0.0169. The van der Waals surface area contributed by atoms with Crippen LogP contribution in [0.2, 0.25) is 0 Å². The van der Waals surface area contributed by atoms with Gasteiger partial charge in [-0.3, -0.25) is 9.69 Å². The molecule has 10 heteroatoms. The molecule has 44 heavy (non-hydrogen) atoms. The van der Waals surface area contributed by atoms with Gasteiger partial charge in [-0.2, -0.15) is 5.26 Å². The van der Waals surface area contributed by atoms with Gasteiger partial charge >= 0.3 is 11.9 Å². The van der Waals surface area contributed by atoms with E-state index in [-0.39, 0.29) is 34.5 Å². The van der Waals surface area contributed by atoms with Gasteiger partial charge in [0.25, 0.3) is 0 Å². The molecule has 3 aliphatic rings. The first-order valence-electron chi connectivity index (χ1n) is 15.2. The molecule has 3 aliphatic heterocycles. The van der Waals surface area contributed by atoms with Crippen LogP contribution < -0.4 is 15.5 Å². The fourth-order valence-electron chi connectivity index (χ4n) is 6.56. The average Bonchev–Trinajstić information content (AvgIpc) is 3.37. The number of ether oxygens (including phenoxy) is 2. The predicted octanol–water partition coefficient (Wildman–Crippen LogP) is 4.20. The van der Waals surface area contributed by atoms with Crippen LogP contribution in [0.3, 0.4) is 0 Å². The number of carbonyl (C=O) groups excluding carboxylic acids is 3. The van der Waals surface area contributed by atoms with Gasteiger partial charge in [0, 0.05) is 37.6 Å². The Morgan fingerprint density at radius 1 is 0.841 bits per heavy atom. The summed E-state index contributed by atoms with van der Waals surface area (Å²) in [6, 6.07) is 18.5. The number of methoxy groups -OCH3 is 2. The van der Waals surface area contributed by atoms with E-state index >= 15 is 0 Å². The lowest BCUT2D eigenvalue weighted by Crippen LogP contribution is -2.45. The molecular weight excluding hydrogens is 558 g/mol. The van der Waals surface area contributed by atoms with Gasteiger partial charge in [0.05, 0.1) is 43.3 Å². The zero-order chi connectivity index (χ0) is 31.2. The minimum Gasteiger partial charge on any atom is -0.466 e. The molecular formula is C34H39N5O5. The number of nitrogens with two attached hydrogens (primary N) is 1. The number of nitriles is 1. The van der Waals surface area contributed by atoms with E-state index in [1.165, 1.54) is 32.0 Å². The maximum Gasteiger partial charge on any atom is 0.355 e.